The first-order chi connectivity index (χ1) is 10.2. The lowest BCUT2D eigenvalue weighted by Crippen LogP contribution is -2.19. The number of nitrogens with zero attached hydrogens (tertiary/aromatic N) is 3. The number of aliphatic hydroxyl groups excluding tert-OH is 1. The second-order valence-corrected chi connectivity index (χ2v) is 7.13. The zero-order chi connectivity index (χ0) is 14.8. The molecule has 7 heteroatoms. The van der Waals surface area contributed by atoms with Crippen molar-refractivity contribution in [3.63, 3.8) is 0 Å². The molecular formula is C14H18N4OS2. The highest BCUT2D eigenvalue weighted by atomic mass is 32.1. The molecule has 0 aliphatic rings. The first kappa shape index (κ1) is 14.5. The second-order valence-electron chi connectivity index (χ2n) is 5.09. The Morgan fingerprint density at radius 1 is 1.48 bits per heavy atom. The Morgan fingerprint density at radius 2 is 2.33 bits per heavy atom. The molecule has 0 saturated carbocycles. The van der Waals surface area contributed by atoms with Crippen LogP contribution in [0, 0.1) is 12.8 Å². The van der Waals surface area contributed by atoms with E-state index in [1.54, 1.807) is 22.7 Å². The smallest absolute Gasteiger partial charge is 0.185 e. The lowest BCUT2D eigenvalue weighted by atomic mass is 10.1. The topological polar surface area (TPSA) is 63.0 Å². The van der Waals surface area contributed by atoms with Crippen molar-refractivity contribution in [3.05, 3.63) is 28.1 Å². The van der Waals surface area contributed by atoms with Gasteiger partial charge in [-0.2, -0.15) is 5.10 Å². The van der Waals surface area contributed by atoms with Gasteiger partial charge in [0.1, 0.15) is 0 Å². The minimum Gasteiger partial charge on any atom is -0.396 e. The van der Waals surface area contributed by atoms with E-state index in [2.05, 4.69) is 26.8 Å². The van der Waals surface area contributed by atoms with E-state index in [1.165, 1.54) is 4.88 Å². The lowest BCUT2D eigenvalue weighted by Gasteiger charge is -2.13. The quantitative estimate of drug-likeness (QED) is 0.732. The molecule has 0 spiro atoms. The Morgan fingerprint density at radius 3 is 3.00 bits per heavy atom. The molecule has 3 aromatic rings. The number of hydrogen-bond donors (Lipinski definition) is 2. The minimum absolute atomic E-state index is 0.177. The number of rotatable bonds is 6. The number of aryl methyl sites for hydroxylation is 2. The third-order valence-electron chi connectivity index (χ3n) is 3.41. The van der Waals surface area contributed by atoms with E-state index in [1.807, 2.05) is 24.7 Å². The summed E-state index contributed by atoms with van der Waals surface area (Å²) >= 11 is 3.35. The Labute approximate surface area is 131 Å². The maximum atomic E-state index is 9.52. The van der Waals surface area contributed by atoms with Gasteiger partial charge in [0.2, 0.25) is 0 Å². The third-order valence-corrected chi connectivity index (χ3v) is 5.42. The van der Waals surface area contributed by atoms with Crippen LogP contribution in [0.2, 0.25) is 0 Å². The molecule has 0 bridgehead atoms. The van der Waals surface area contributed by atoms with Crippen LogP contribution in [0.1, 0.15) is 10.6 Å². The molecule has 0 aliphatic heterocycles. The Balaban J connectivity index is 1.65. The Hall–Kier alpha value is -1.44. The second kappa shape index (κ2) is 6.13. The maximum Gasteiger partial charge on any atom is 0.185 e. The van der Waals surface area contributed by atoms with E-state index >= 15 is 0 Å². The molecule has 0 saturated heterocycles. The van der Waals surface area contributed by atoms with Crippen molar-refractivity contribution in [2.45, 2.75) is 13.3 Å². The molecule has 3 aromatic heterocycles. The van der Waals surface area contributed by atoms with E-state index in [0.717, 1.165) is 34.1 Å². The van der Waals surface area contributed by atoms with Crippen LogP contribution in [0.5, 0.6) is 0 Å². The average molecular weight is 322 g/mol. The van der Waals surface area contributed by atoms with Crippen molar-refractivity contribution < 1.29 is 5.11 Å². The summed E-state index contributed by atoms with van der Waals surface area (Å²) in [5.74, 6) is 0.204. The first-order valence-electron chi connectivity index (χ1n) is 6.84. The van der Waals surface area contributed by atoms with Gasteiger partial charge in [-0.25, -0.2) is 9.67 Å². The predicted molar refractivity (Wildman–Crippen MR) is 88.2 cm³/mol. The fourth-order valence-electron chi connectivity index (χ4n) is 2.31. The number of thiazole rings is 1. The predicted octanol–water partition coefficient (Wildman–Crippen LogP) is 2.66. The first-order valence-corrected chi connectivity index (χ1v) is 8.54. The number of aliphatic hydroxyl groups is 1. The molecule has 0 aromatic carbocycles. The minimum atomic E-state index is 0.177. The summed E-state index contributed by atoms with van der Waals surface area (Å²) in [4.78, 5) is 5.87. The van der Waals surface area contributed by atoms with Crippen LogP contribution in [-0.4, -0.2) is 33.0 Å². The highest BCUT2D eigenvalue weighted by Crippen LogP contribution is 2.28. The maximum absolute atomic E-state index is 9.52. The third kappa shape index (κ3) is 3.09. The Bertz CT molecular complexity index is 682. The van der Waals surface area contributed by atoms with Crippen LogP contribution < -0.4 is 5.32 Å². The van der Waals surface area contributed by atoms with E-state index in [0.29, 0.717) is 0 Å². The van der Waals surface area contributed by atoms with Gasteiger partial charge in [0, 0.05) is 31.0 Å². The van der Waals surface area contributed by atoms with Crippen molar-refractivity contribution in [2.24, 2.45) is 13.0 Å². The molecule has 2 N–H and O–H groups in total. The van der Waals surface area contributed by atoms with Crippen molar-refractivity contribution in [3.8, 4) is 0 Å². The molecule has 0 unspecified atom stereocenters. The zero-order valence-corrected chi connectivity index (χ0v) is 13.7. The van der Waals surface area contributed by atoms with Gasteiger partial charge in [-0.15, -0.1) is 11.3 Å². The van der Waals surface area contributed by atoms with Gasteiger partial charge in [0.25, 0.3) is 0 Å². The monoisotopic (exact) mass is 322 g/mol. The number of thiophene rings is 1. The standard InChI is InChI=1S/C14H18N4OS2/c1-9-12-13(18(2)17-9)16-14(21-12)15-7-10(8-19)6-11-4-3-5-20-11/h3-5,10,19H,6-8H2,1-2H3,(H,15,16)/t10-/m0/s1. The molecule has 1 atom stereocenters. The summed E-state index contributed by atoms with van der Waals surface area (Å²) in [6.07, 6.45) is 0.895. The SMILES string of the molecule is Cc1nn(C)c2nc(NC[C@@H](CO)Cc3cccs3)sc12. The van der Waals surface area contributed by atoms with Gasteiger partial charge >= 0.3 is 0 Å². The molecule has 112 valence electrons. The summed E-state index contributed by atoms with van der Waals surface area (Å²) < 4.78 is 2.93. The summed E-state index contributed by atoms with van der Waals surface area (Å²) in [5.41, 5.74) is 1.93. The molecule has 3 heterocycles. The van der Waals surface area contributed by atoms with Crippen molar-refractivity contribution in [1.82, 2.24) is 14.8 Å². The number of nitrogens with one attached hydrogen (secondary N) is 1. The summed E-state index contributed by atoms with van der Waals surface area (Å²) in [6.45, 7) is 2.90. The van der Waals surface area contributed by atoms with Crippen molar-refractivity contribution in [1.29, 1.82) is 0 Å². The van der Waals surface area contributed by atoms with Crippen LogP contribution >= 0.6 is 22.7 Å². The summed E-state index contributed by atoms with van der Waals surface area (Å²) in [7, 11) is 1.91. The summed E-state index contributed by atoms with van der Waals surface area (Å²) in [5, 5.41) is 20.2. The number of anilines is 1. The van der Waals surface area contributed by atoms with E-state index in [9.17, 15) is 5.11 Å². The number of hydrogen-bond acceptors (Lipinski definition) is 6. The largest absolute Gasteiger partial charge is 0.396 e. The van der Waals surface area contributed by atoms with Crippen LogP contribution in [-0.2, 0) is 13.5 Å². The van der Waals surface area contributed by atoms with E-state index in [-0.39, 0.29) is 12.5 Å². The van der Waals surface area contributed by atoms with E-state index < -0.39 is 0 Å². The van der Waals surface area contributed by atoms with Gasteiger partial charge in [-0.1, -0.05) is 17.4 Å². The van der Waals surface area contributed by atoms with E-state index in [4.69, 9.17) is 0 Å². The van der Waals surface area contributed by atoms with Crippen LogP contribution in [0.25, 0.3) is 10.3 Å². The summed E-state index contributed by atoms with van der Waals surface area (Å²) in [6, 6.07) is 4.16. The fourth-order valence-corrected chi connectivity index (χ4v) is 4.07. The van der Waals surface area contributed by atoms with Crippen LogP contribution in [0.3, 0.4) is 0 Å². The van der Waals surface area contributed by atoms with Crippen molar-refractivity contribution in [2.75, 3.05) is 18.5 Å². The molecule has 0 amide bonds. The van der Waals surface area contributed by atoms with Crippen LogP contribution in [0.15, 0.2) is 17.5 Å². The molecule has 21 heavy (non-hydrogen) atoms. The molecule has 0 aliphatic carbocycles. The van der Waals surface area contributed by atoms with Gasteiger partial charge in [-0.3, -0.25) is 0 Å². The highest BCUT2D eigenvalue weighted by Gasteiger charge is 2.14. The van der Waals surface area contributed by atoms with Gasteiger partial charge in [0.15, 0.2) is 10.8 Å². The van der Waals surface area contributed by atoms with Crippen molar-refractivity contribution >= 4 is 38.2 Å². The molecule has 0 fully saturated rings. The lowest BCUT2D eigenvalue weighted by molar-refractivity contribution is 0.233. The zero-order valence-electron chi connectivity index (χ0n) is 12.0. The Kier molecular flexibility index (Phi) is 4.23. The van der Waals surface area contributed by atoms with Gasteiger partial charge in [-0.05, 0) is 24.8 Å². The molecule has 5 nitrogen and oxygen atoms in total. The average Bonchev–Trinajstić information content (AvgIpc) is 3.16. The molecular weight excluding hydrogens is 304 g/mol. The van der Waals surface area contributed by atoms with Gasteiger partial charge < -0.3 is 10.4 Å². The number of aromatic nitrogens is 3. The molecule has 3 rings (SSSR count). The molecule has 0 radical (unpaired) electrons. The van der Waals surface area contributed by atoms with Crippen LogP contribution in [0.4, 0.5) is 5.13 Å². The normalized spacial score (nSPS) is 12.9. The highest BCUT2D eigenvalue weighted by molar-refractivity contribution is 7.22. The number of fused-ring (bicyclic) bond motifs is 1. The fraction of sp³-hybridized carbons (Fsp3) is 0.429. The van der Waals surface area contributed by atoms with Gasteiger partial charge in [0.05, 0.1) is 10.4 Å².